The first kappa shape index (κ1) is 42.5. The molecule has 4 aromatic carbocycles. The molecular formula is C42H43N3O13S. The Morgan fingerprint density at radius 1 is 0.847 bits per heavy atom. The number of methoxy groups -OCH3 is 2. The third-order valence-corrected chi connectivity index (χ3v) is 10.9. The van der Waals surface area contributed by atoms with E-state index in [1.54, 1.807) is 59.3 Å². The SMILES string of the molecule is COc1ccc(C(OC[C@H]2O[C@@H](n3cc(C)c(=O)n(C(=O)OC(C)(C)C)c3=O)C[C@H]2OS(=O)(=O)c2ccc([N+](=O)[O-])cc2)(c2ccccc2)c2ccc(OC)cc2)cc1. The topological polar surface area (TPSA) is 194 Å². The Hall–Kier alpha value is -6.14. The highest BCUT2D eigenvalue weighted by Gasteiger charge is 2.45. The Morgan fingerprint density at radius 3 is 1.90 bits per heavy atom. The van der Waals surface area contributed by atoms with E-state index in [1.165, 1.54) is 13.1 Å². The molecule has 5 aromatic rings. The number of nitrogens with zero attached hydrogens (tertiary/aromatic N) is 3. The summed E-state index contributed by atoms with van der Waals surface area (Å²) in [5.74, 6) is 1.18. The summed E-state index contributed by atoms with van der Waals surface area (Å²) in [4.78, 5) is 50.5. The van der Waals surface area contributed by atoms with Gasteiger partial charge in [-0.1, -0.05) is 54.6 Å². The summed E-state index contributed by atoms with van der Waals surface area (Å²) in [5.41, 5.74) is -2.73. The fourth-order valence-electron chi connectivity index (χ4n) is 6.73. The lowest BCUT2D eigenvalue weighted by atomic mass is 9.80. The number of rotatable bonds is 13. The molecule has 310 valence electrons. The van der Waals surface area contributed by atoms with Gasteiger partial charge in [0, 0.05) is 30.3 Å². The first-order valence-corrected chi connectivity index (χ1v) is 19.8. The van der Waals surface area contributed by atoms with Crippen LogP contribution in [0.15, 0.2) is 124 Å². The van der Waals surface area contributed by atoms with Crippen molar-refractivity contribution in [3.8, 4) is 11.5 Å². The largest absolute Gasteiger partial charge is 0.497 e. The summed E-state index contributed by atoms with van der Waals surface area (Å²) in [6.45, 7) is 5.80. The molecule has 1 aliphatic rings. The standard InChI is InChI=1S/C42H43N3O13S/c1-27-25-43(39(47)44(38(27)46)40(48)57-41(2,3)4)37-24-35(58-59(51,52)34-22-16-31(17-23-34)45(49)50)36(56-37)26-55-42(28-10-8-7-9-11-28,29-12-18-32(53-5)19-13-29)30-14-20-33(54-6)21-15-30/h7-23,25,35-37H,24,26H2,1-6H3/t35-,36-,37-/m1/s1. The van der Waals surface area contributed by atoms with Crippen molar-refractivity contribution in [2.45, 2.75) is 68.6 Å². The molecule has 0 aliphatic carbocycles. The third kappa shape index (κ3) is 8.97. The van der Waals surface area contributed by atoms with Crippen LogP contribution in [0.4, 0.5) is 10.5 Å². The van der Waals surface area contributed by atoms with Gasteiger partial charge >= 0.3 is 11.8 Å². The first-order chi connectivity index (χ1) is 28.0. The number of hydrogen-bond donors (Lipinski definition) is 0. The minimum absolute atomic E-state index is 0.00293. The van der Waals surface area contributed by atoms with Crippen LogP contribution in [-0.4, -0.2) is 67.2 Å². The lowest BCUT2D eigenvalue weighted by Crippen LogP contribution is -2.47. The molecular weight excluding hydrogens is 787 g/mol. The molecule has 17 heteroatoms. The quantitative estimate of drug-likeness (QED) is 0.0573. The van der Waals surface area contributed by atoms with Gasteiger partial charge in [0.25, 0.3) is 21.4 Å². The van der Waals surface area contributed by atoms with Crippen LogP contribution in [0.2, 0.25) is 0 Å². The second-order valence-corrected chi connectivity index (χ2v) is 16.2. The normalized spacial score (nSPS) is 17.0. The van der Waals surface area contributed by atoms with Crippen molar-refractivity contribution in [1.82, 2.24) is 9.13 Å². The number of non-ortho nitro benzene ring substituents is 1. The lowest BCUT2D eigenvalue weighted by molar-refractivity contribution is -0.384. The van der Waals surface area contributed by atoms with Crippen molar-refractivity contribution >= 4 is 21.9 Å². The highest BCUT2D eigenvalue weighted by Crippen LogP contribution is 2.43. The number of aromatic nitrogens is 2. The van der Waals surface area contributed by atoms with Gasteiger partial charge in [0.05, 0.1) is 30.6 Å². The average molecular weight is 830 g/mol. The van der Waals surface area contributed by atoms with Gasteiger partial charge < -0.3 is 23.7 Å². The predicted octanol–water partition coefficient (Wildman–Crippen LogP) is 6.10. The molecule has 0 N–H and O–H groups in total. The molecule has 0 unspecified atom stereocenters. The molecule has 0 amide bonds. The van der Waals surface area contributed by atoms with Crippen LogP contribution in [0.25, 0.3) is 0 Å². The van der Waals surface area contributed by atoms with Crippen molar-refractivity contribution in [2.24, 2.45) is 0 Å². The molecule has 2 heterocycles. The fraction of sp³-hybridized carbons (Fsp3) is 0.310. The van der Waals surface area contributed by atoms with Gasteiger partial charge in [-0.3, -0.25) is 23.7 Å². The summed E-state index contributed by atoms with van der Waals surface area (Å²) in [5, 5.41) is 11.3. The molecule has 0 bridgehead atoms. The van der Waals surface area contributed by atoms with E-state index in [1.807, 2.05) is 54.6 Å². The van der Waals surface area contributed by atoms with E-state index in [9.17, 15) is 32.9 Å². The van der Waals surface area contributed by atoms with Crippen LogP contribution < -0.4 is 20.7 Å². The maximum atomic E-state index is 13.9. The number of hydrogen-bond acceptors (Lipinski definition) is 13. The second-order valence-electron chi connectivity index (χ2n) is 14.6. The van der Waals surface area contributed by atoms with Gasteiger partial charge in [0.1, 0.15) is 41.1 Å². The number of benzene rings is 4. The molecule has 0 saturated carbocycles. The van der Waals surface area contributed by atoms with Gasteiger partial charge in [-0.05, 0) is 80.8 Å². The minimum atomic E-state index is -4.62. The van der Waals surface area contributed by atoms with Crippen molar-refractivity contribution < 1.29 is 46.0 Å². The Kier molecular flexibility index (Phi) is 12.2. The zero-order valence-corrected chi connectivity index (χ0v) is 33.9. The van der Waals surface area contributed by atoms with E-state index >= 15 is 0 Å². The molecule has 1 saturated heterocycles. The van der Waals surface area contributed by atoms with Crippen LogP contribution in [0.5, 0.6) is 11.5 Å². The summed E-state index contributed by atoms with van der Waals surface area (Å²) in [6, 6.07) is 27.9. The Labute approximate surface area is 339 Å². The molecule has 59 heavy (non-hydrogen) atoms. The Balaban J connectivity index is 1.46. The highest BCUT2D eigenvalue weighted by atomic mass is 32.2. The zero-order valence-electron chi connectivity index (χ0n) is 33.1. The van der Waals surface area contributed by atoms with E-state index in [0.717, 1.165) is 28.8 Å². The Bertz CT molecular complexity index is 2480. The van der Waals surface area contributed by atoms with Crippen LogP contribution in [0, 0.1) is 17.0 Å². The number of ether oxygens (including phenoxy) is 5. The van der Waals surface area contributed by atoms with Crippen molar-refractivity contribution in [2.75, 3.05) is 20.8 Å². The number of nitro groups is 1. The smallest absolute Gasteiger partial charge is 0.425 e. The first-order valence-electron chi connectivity index (χ1n) is 18.4. The van der Waals surface area contributed by atoms with Crippen LogP contribution in [-0.2, 0) is 34.1 Å². The minimum Gasteiger partial charge on any atom is -0.497 e. The number of carbonyl (C=O) groups is 1. The third-order valence-electron chi connectivity index (χ3n) is 9.58. The molecule has 6 rings (SSSR count). The number of aryl methyl sites for hydroxylation is 1. The van der Waals surface area contributed by atoms with Crippen molar-refractivity contribution in [3.05, 3.63) is 163 Å². The molecule has 1 aliphatic heterocycles. The van der Waals surface area contributed by atoms with Crippen LogP contribution in [0.1, 0.15) is 55.7 Å². The zero-order chi connectivity index (χ0) is 42.7. The highest BCUT2D eigenvalue weighted by molar-refractivity contribution is 7.86. The average Bonchev–Trinajstić information content (AvgIpc) is 3.60. The van der Waals surface area contributed by atoms with E-state index < -0.39 is 62.0 Å². The Morgan fingerprint density at radius 2 is 1.39 bits per heavy atom. The molecule has 0 radical (unpaired) electrons. The van der Waals surface area contributed by atoms with Gasteiger partial charge in [0.15, 0.2) is 0 Å². The summed E-state index contributed by atoms with van der Waals surface area (Å²) in [6.07, 6.45) is -4.12. The molecule has 1 aromatic heterocycles. The van der Waals surface area contributed by atoms with Gasteiger partial charge in [-0.15, -0.1) is 0 Å². The molecule has 0 spiro atoms. The fourth-order valence-corrected chi connectivity index (χ4v) is 7.84. The number of nitro benzene ring substituents is 1. The van der Waals surface area contributed by atoms with Gasteiger partial charge in [0.2, 0.25) is 0 Å². The van der Waals surface area contributed by atoms with E-state index in [-0.39, 0.29) is 29.2 Å². The van der Waals surface area contributed by atoms with E-state index in [0.29, 0.717) is 32.8 Å². The summed E-state index contributed by atoms with van der Waals surface area (Å²) < 4.78 is 64.5. The van der Waals surface area contributed by atoms with E-state index in [2.05, 4.69) is 0 Å². The van der Waals surface area contributed by atoms with E-state index in [4.69, 9.17) is 27.9 Å². The van der Waals surface area contributed by atoms with Crippen molar-refractivity contribution in [3.63, 3.8) is 0 Å². The maximum Gasteiger partial charge on any atom is 0.425 e. The van der Waals surface area contributed by atoms with Gasteiger partial charge in [-0.25, -0.2) is 9.59 Å². The summed E-state index contributed by atoms with van der Waals surface area (Å²) in [7, 11) is -1.53. The molecule has 3 atom stereocenters. The second kappa shape index (κ2) is 17.0. The van der Waals surface area contributed by atoms with Gasteiger partial charge in [-0.2, -0.15) is 13.0 Å². The van der Waals surface area contributed by atoms with Crippen LogP contribution in [0.3, 0.4) is 0 Å². The monoisotopic (exact) mass is 829 g/mol. The maximum absolute atomic E-state index is 13.9. The van der Waals surface area contributed by atoms with Crippen molar-refractivity contribution in [1.29, 1.82) is 0 Å². The number of carbonyl (C=O) groups excluding carboxylic acids is 1. The molecule has 1 fully saturated rings. The summed E-state index contributed by atoms with van der Waals surface area (Å²) >= 11 is 0. The molecule has 16 nitrogen and oxygen atoms in total. The lowest BCUT2D eigenvalue weighted by Gasteiger charge is -2.37. The van der Waals surface area contributed by atoms with Crippen LogP contribution >= 0.6 is 0 Å². The predicted molar refractivity (Wildman–Crippen MR) is 213 cm³/mol.